The van der Waals surface area contributed by atoms with Crippen molar-refractivity contribution >= 4 is 39.1 Å². The highest BCUT2D eigenvalue weighted by Crippen LogP contribution is 2.29. The third kappa shape index (κ3) is 8.62. The Morgan fingerprint density at radius 2 is 1.49 bits per heavy atom. The van der Waals surface area contributed by atoms with Gasteiger partial charge in [-0.05, 0) is 86.2 Å². The highest BCUT2D eigenvalue weighted by atomic mass is 35.5. The van der Waals surface area contributed by atoms with Crippen LogP contribution in [0.4, 0.5) is 5.69 Å². The minimum atomic E-state index is -4.18. The number of halogens is 1. The van der Waals surface area contributed by atoms with Crippen LogP contribution < -0.4 is 9.62 Å². The smallest absolute Gasteiger partial charge is 0.264 e. The molecule has 1 fully saturated rings. The van der Waals surface area contributed by atoms with Gasteiger partial charge in [-0.15, -0.1) is 0 Å². The predicted molar refractivity (Wildman–Crippen MR) is 188 cm³/mol. The quantitative estimate of drug-likeness (QED) is 0.173. The Bertz CT molecular complexity index is 1810. The van der Waals surface area contributed by atoms with Crippen LogP contribution in [0.2, 0.25) is 5.02 Å². The van der Waals surface area contributed by atoms with Crippen molar-refractivity contribution in [3.8, 4) is 0 Å². The van der Waals surface area contributed by atoms with Crippen LogP contribution in [0.25, 0.3) is 0 Å². The second kappa shape index (κ2) is 15.2. The molecule has 246 valence electrons. The Balaban J connectivity index is 1.59. The molecule has 1 aliphatic carbocycles. The Labute approximate surface area is 283 Å². The first-order valence-corrected chi connectivity index (χ1v) is 17.9. The summed E-state index contributed by atoms with van der Waals surface area (Å²) in [6, 6.07) is 28.0. The summed E-state index contributed by atoms with van der Waals surface area (Å²) in [6.07, 6.45) is 4.13. The lowest BCUT2D eigenvalue weighted by molar-refractivity contribution is -0.140. The van der Waals surface area contributed by atoms with E-state index < -0.39 is 28.5 Å². The van der Waals surface area contributed by atoms with E-state index >= 15 is 0 Å². The standard InChI is InChI=1S/C38H42ClN3O4S/c1-27-17-20-34(21-18-27)47(45,46)42(35-22-28(2)16-19-29(35)3)26-37(43)41(25-31-12-9-13-32(39)23-31)36(24-30-10-5-4-6-11-30)38(44)40-33-14-7-8-15-33/h4-6,9-13,16-23,33,36H,7-8,14-15,24-26H2,1-3H3,(H,40,44)/t36-/m1/s1. The molecule has 47 heavy (non-hydrogen) atoms. The summed E-state index contributed by atoms with van der Waals surface area (Å²) in [4.78, 5) is 30.5. The number of anilines is 1. The van der Waals surface area contributed by atoms with E-state index in [2.05, 4.69) is 5.32 Å². The molecule has 0 heterocycles. The maximum atomic E-state index is 14.7. The number of hydrogen-bond acceptors (Lipinski definition) is 4. The minimum Gasteiger partial charge on any atom is -0.352 e. The van der Waals surface area contributed by atoms with Gasteiger partial charge in [-0.3, -0.25) is 13.9 Å². The van der Waals surface area contributed by atoms with Gasteiger partial charge in [-0.25, -0.2) is 8.42 Å². The highest BCUT2D eigenvalue weighted by Gasteiger charge is 2.36. The van der Waals surface area contributed by atoms with Crippen molar-refractivity contribution < 1.29 is 18.0 Å². The number of hydrogen-bond donors (Lipinski definition) is 1. The monoisotopic (exact) mass is 671 g/mol. The van der Waals surface area contributed by atoms with Crippen LogP contribution in [0, 0.1) is 20.8 Å². The Morgan fingerprint density at radius 3 is 2.17 bits per heavy atom. The van der Waals surface area contributed by atoms with Crippen molar-refractivity contribution in [2.75, 3.05) is 10.8 Å². The zero-order valence-electron chi connectivity index (χ0n) is 27.2. The van der Waals surface area contributed by atoms with E-state index in [4.69, 9.17) is 11.6 Å². The molecule has 0 radical (unpaired) electrons. The van der Waals surface area contributed by atoms with Crippen molar-refractivity contribution in [1.82, 2.24) is 10.2 Å². The third-order valence-corrected chi connectivity index (χ3v) is 10.7. The summed E-state index contributed by atoms with van der Waals surface area (Å²) >= 11 is 6.36. The normalized spacial score (nSPS) is 14.0. The van der Waals surface area contributed by atoms with Crippen LogP contribution in [-0.2, 0) is 32.6 Å². The molecule has 0 aromatic heterocycles. The minimum absolute atomic E-state index is 0.0391. The topological polar surface area (TPSA) is 86.8 Å². The number of nitrogens with one attached hydrogen (secondary N) is 1. The lowest BCUT2D eigenvalue weighted by Gasteiger charge is -2.34. The van der Waals surface area contributed by atoms with Crippen molar-refractivity contribution in [3.63, 3.8) is 0 Å². The number of rotatable bonds is 12. The van der Waals surface area contributed by atoms with E-state index in [1.165, 1.54) is 9.21 Å². The molecule has 7 nitrogen and oxygen atoms in total. The Morgan fingerprint density at radius 1 is 0.830 bits per heavy atom. The van der Waals surface area contributed by atoms with E-state index in [-0.39, 0.29) is 29.8 Å². The average Bonchev–Trinajstić information content (AvgIpc) is 3.56. The fraction of sp³-hybridized carbons (Fsp3) is 0.316. The van der Waals surface area contributed by atoms with Crippen LogP contribution in [0.5, 0.6) is 0 Å². The number of nitrogens with zero attached hydrogens (tertiary/aromatic N) is 2. The van der Waals surface area contributed by atoms with Crippen LogP contribution >= 0.6 is 11.6 Å². The zero-order valence-corrected chi connectivity index (χ0v) is 28.7. The summed E-state index contributed by atoms with van der Waals surface area (Å²) < 4.78 is 29.9. The summed E-state index contributed by atoms with van der Waals surface area (Å²) in [6.45, 7) is 5.17. The molecule has 0 bridgehead atoms. The van der Waals surface area contributed by atoms with Crippen molar-refractivity contribution in [1.29, 1.82) is 0 Å². The number of aryl methyl sites for hydroxylation is 3. The second-order valence-electron chi connectivity index (χ2n) is 12.5. The van der Waals surface area contributed by atoms with Crippen LogP contribution in [0.15, 0.2) is 102 Å². The number of carbonyl (C=O) groups excluding carboxylic acids is 2. The predicted octanol–water partition coefficient (Wildman–Crippen LogP) is 7.16. The van der Waals surface area contributed by atoms with Crippen molar-refractivity contribution in [2.45, 2.75) is 76.4 Å². The number of amides is 2. The second-order valence-corrected chi connectivity index (χ2v) is 14.8. The molecule has 0 spiro atoms. The molecule has 4 aromatic rings. The molecule has 5 rings (SSSR count). The molecule has 1 saturated carbocycles. The van der Waals surface area contributed by atoms with Gasteiger partial charge in [0, 0.05) is 24.0 Å². The summed E-state index contributed by atoms with van der Waals surface area (Å²) in [5, 5.41) is 3.71. The molecule has 4 aromatic carbocycles. The molecular weight excluding hydrogens is 630 g/mol. The first-order chi connectivity index (χ1) is 22.5. The van der Waals surface area contributed by atoms with Gasteiger partial charge in [0.1, 0.15) is 12.6 Å². The fourth-order valence-corrected chi connectivity index (χ4v) is 7.78. The van der Waals surface area contributed by atoms with Gasteiger partial charge in [-0.2, -0.15) is 0 Å². The van der Waals surface area contributed by atoms with Gasteiger partial charge >= 0.3 is 0 Å². The molecule has 1 atom stereocenters. The summed E-state index contributed by atoms with van der Waals surface area (Å²) in [5.41, 5.74) is 4.52. The van der Waals surface area contributed by atoms with Gasteiger partial charge < -0.3 is 10.2 Å². The Hall–Kier alpha value is -4.14. The van der Waals surface area contributed by atoms with Gasteiger partial charge in [-0.1, -0.05) is 96.7 Å². The van der Waals surface area contributed by atoms with Crippen LogP contribution in [0.3, 0.4) is 0 Å². The molecule has 1 N–H and O–H groups in total. The zero-order chi connectivity index (χ0) is 33.6. The largest absolute Gasteiger partial charge is 0.352 e. The first-order valence-electron chi connectivity index (χ1n) is 16.1. The molecule has 0 aliphatic heterocycles. The SMILES string of the molecule is Cc1ccc(S(=O)(=O)N(CC(=O)N(Cc2cccc(Cl)c2)[C@H](Cc2ccccc2)C(=O)NC2CCCC2)c2cc(C)ccc2C)cc1. The van der Waals surface area contributed by atoms with Gasteiger partial charge in [0.15, 0.2) is 0 Å². The van der Waals surface area contributed by atoms with Gasteiger partial charge in [0.05, 0.1) is 10.6 Å². The summed E-state index contributed by atoms with van der Waals surface area (Å²) in [5.74, 6) is -0.750. The van der Waals surface area contributed by atoms with Crippen molar-refractivity contribution in [3.05, 3.63) is 130 Å². The number of carbonyl (C=O) groups is 2. The van der Waals surface area contributed by atoms with Gasteiger partial charge in [0.25, 0.3) is 10.0 Å². The fourth-order valence-electron chi connectivity index (χ4n) is 6.09. The van der Waals surface area contributed by atoms with Crippen molar-refractivity contribution in [2.24, 2.45) is 0 Å². The molecule has 9 heteroatoms. The lowest BCUT2D eigenvalue weighted by atomic mass is 10.0. The molecule has 1 aliphatic rings. The van der Waals surface area contributed by atoms with E-state index in [1.807, 2.05) is 69.3 Å². The average molecular weight is 672 g/mol. The maximum Gasteiger partial charge on any atom is 0.264 e. The van der Waals surface area contributed by atoms with E-state index in [1.54, 1.807) is 48.5 Å². The van der Waals surface area contributed by atoms with Crippen LogP contribution in [0.1, 0.15) is 53.5 Å². The maximum absolute atomic E-state index is 14.7. The number of sulfonamides is 1. The van der Waals surface area contributed by atoms with Crippen LogP contribution in [-0.4, -0.2) is 43.8 Å². The van der Waals surface area contributed by atoms with E-state index in [0.717, 1.165) is 47.9 Å². The first kappa shape index (κ1) is 34.2. The Kier molecular flexibility index (Phi) is 11.0. The van der Waals surface area contributed by atoms with Gasteiger partial charge in [0.2, 0.25) is 11.8 Å². The number of benzene rings is 4. The molecule has 0 saturated heterocycles. The highest BCUT2D eigenvalue weighted by molar-refractivity contribution is 7.92. The molecular formula is C38H42ClN3O4S. The summed E-state index contributed by atoms with van der Waals surface area (Å²) in [7, 11) is -4.18. The third-order valence-electron chi connectivity index (χ3n) is 8.74. The van der Waals surface area contributed by atoms with E-state index in [9.17, 15) is 18.0 Å². The lowest BCUT2D eigenvalue weighted by Crippen LogP contribution is -2.54. The molecule has 0 unspecified atom stereocenters. The van der Waals surface area contributed by atoms with E-state index in [0.29, 0.717) is 16.3 Å². The molecule has 2 amide bonds.